The fourth-order valence-electron chi connectivity index (χ4n) is 0.995. The van der Waals surface area contributed by atoms with Crippen LogP contribution in [0, 0.1) is 0 Å². The van der Waals surface area contributed by atoms with Crippen molar-refractivity contribution in [2.24, 2.45) is 0 Å². The van der Waals surface area contributed by atoms with Crippen molar-refractivity contribution in [1.29, 1.82) is 0 Å². The smallest absolute Gasteiger partial charge is 0.262 e. The van der Waals surface area contributed by atoms with Crippen molar-refractivity contribution in [2.75, 3.05) is 0 Å². The molecule has 0 bridgehead atoms. The highest BCUT2D eigenvalue weighted by Crippen LogP contribution is 2.19. The van der Waals surface area contributed by atoms with Crippen LogP contribution in [-0.2, 0) is 4.79 Å². The Morgan fingerprint density at radius 3 is 2.79 bits per heavy atom. The van der Waals surface area contributed by atoms with Gasteiger partial charge in [-0.15, -0.1) is 0 Å². The van der Waals surface area contributed by atoms with E-state index in [1.807, 2.05) is 6.92 Å². The molecule has 0 N–H and O–H groups in total. The Morgan fingerprint density at radius 1 is 1.57 bits per heavy atom. The average molecular weight is 233 g/mol. The van der Waals surface area contributed by atoms with Crippen LogP contribution in [0.3, 0.4) is 0 Å². The molecule has 4 heteroatoms. The number of hydrogen-bond donors (Lipinski definition) is 0. The van der Waals surface area contributed by atoms with Gasteiger partial charge in [-0.25, -0.2) is 0 Å². The molecule has 0 saturated heterocycles. The minimum absolute atomic E-state index is 0.493. The van der Waals surface area contributed by atoms with Crippen LogP contribution in [0.4, 0.5) is 0 Å². The molecule has 1 aromatic carbocycles. The van der Waals surface area contributed by atoms with Gasteiger partial charge in [0.1, 0.15) is 5.75 Å². The summed E-state index contributed by atoms with van der Waals surface area (Å²) in [6, 6.07) is 6.86. The van der Waals surface area contributed by atoms with E-state index in [2.05, 4.69) is 0 Å². The number of ether oxygens (including phenoxy) is 1. The maximum atomic E-state index is 10.9. The zero-order chi connectivity index (χ0) is 10.6. The lowest BCUT2D eigenvalue weighted by atomic mass is 10.3. The van der Waals surface area contributed by atoms with E-state index in [1.165, 1.54) is 0 Å². The highest BCUT2D eigenvalue weighted by atomic mass is 35.5. The van der Waals surface area contributed by atoms with Gasteiger partial charge in [-0.05, 0) is 36.2 Å². The monoisotopic (exact) mass is 232 g/mol. The van der Waals surface area contributed by atoms with Gasteiger partial charge < -0.3 is 4.74 Å². The van der Waals surface area contributed by atoms with Gasteiger partial charge in [0, 0.05) is 5.02 Å². The second kappa shape index (κ2) is 5.23. The third-order valence-electron chi connectivity index (χ3n) is 1.70. The molecule has 0 saturated carbocycles. The van der Waals surface area contributed by atoms with E-state index in [1.54, 1.807) is 24.3 Å². The maximum absolute atomic E-state index is 10.9. The van der Waals surface area contributed by atoms with Crippen molar-refractivity contribution in [3.05, 3.63) is 29.3 Å². The molecular weight excluding hydrogens is 223 g/mol. The van der Waals surface area contributed by atoms with Crippen LogP contribution in [-0.4, -0.2) is 11.3 Å². The van der Waals surface area contributed by atoms with E-state index in [9.17, 15) is 4.79 Å². The highest BCUT2D eigenvalue weighted by molar-refractivity contribution is 6.64. The molecule has 14 heavy (non-hydrogen) atoms. The van der Waals surface area contributed by atoms with Crippen LogP contribution in [0.2, 0.25) is 5.02 Å². The number of carbonyl (C=O) groups excluding carboxylic acids is 1. The zero-order valence-corrected chi connectivity index (χ0v) is 9.18. The zero-order valence-electron chi connectivity index (χ0n) is 7.67. The van der Waals surface area contributed by atoms with E-state index in [-0.39, 0.29) is 0 Å². The van der Waals surface area contributed by atoms with E-state index in [4.69, 9.17) is 27.9 Å². The Hall–Kier alpha value is -0.730. The predicted octanol–water partition coefficient (Wildman–Crippen LogP) is 3.26. The molecule has 0 aromatic heterocycles. The van der Waals surface area contributed by atoms with Crippen molar-refractivity contribution in [3.8, 4) is 5.75 Å². The molecule has 0 spiro atoms. The Bertz CT molecular complexity index is 326. The van der Waals surface area contributed by atoms with Gasteiger partial charge >= 0.3 is 0 Å². The fourth-order valence-corrected chi connectivity index (χ4v) is 1.37. The molecule has 0 amide bonds. The van der Waals surface area contributed by atoms with Crippen molar-refractivity contribution in [2.45, 2.75) is 19.4 Å². The average Bonchev–Trinajstić information content (AvgIpc) is 2.14. The molecule has 1 rings (SSSR count). The third-order valence-corrected chi connectivity index (χ3v) is 2.18. The van der Waals surface area contributed by atoms with Crippen molar-refractivity contribution in [3.63, 3.8) is 0 Å². The Kier molecular flexibility index (Phi) is 4.23. The summed E-state index contributed by atoms with van der Waals surface area (Å²) >= 11 is 11.1. The summed E-state index contributed by atoms with van der Waals surface area (Å²) in [7, 11) is 0. The second-order valence-corrected chi connectivity index (χ2v) is 3.59. The molecule has 0 aliphatic rings. The molecule has 1 aromatic rings. The van der Waals surface area contributed by atoms with E-state index >= 15 is 0 Å². The van der Waals surface area contributed by atoms with Crippen molar-refractivity contribution in [1.82, 2.24) is 0 Å². The lowest BCUT2D eigenvalue weighted by Crippen LogP contribution is -2.22. The summed E-state index contributed by atoms with van der Waals surface area (Å²) in [6.45, 7) is 1.83. The molecule has 0 unspecified atom stereocenters. The van der Waals surface area contributed by atoms with Crippen LogP contribution >= 0.6 is 23.2 Å². The largest absolute Gasteiger partial charge is 0.481 e. The first kappa shape index (κ1) is 11.3. The Morgan fingerprint density at radius 2 is 2.29 bits per heavy atom. The number of hydrogen-bond acceptors (Lipinski definition) is 2. The SMILES string of the molecule is CC[C@@H](Oc1cccc(Cl)c1)C(=O)Cl. The minimum atomic E-state index is -0.602. The van der Waals surface area contributed by atoms with Gasteiger partial charge in [0.2, 0.25) is 0 Å². The Labute approximate surface area is 92.8 Å². The molecule has 0 aliphatic carbocycles. The van der Waals surface area contributed by atoms with Gasteiger partial charge in [0.25, 0.3) is 5.24 Å². The number of rotatable bonds is 4. The number of carbonyl (C=O) groups is 1. The van der Waals surface area contributed by atoms with Gasteiger partial charge in [-0.1, -0.05) is 24.6 Å². The fraction of sp³-hybridized carbons (Fsp3) is 0.300. The molecule has 0 aliphatic heterocycles. The van der Waals surface area contributed by atoms with Gasteiger partial charge in [-0.3, -0.25) is 4.79 Å². The lowest BCUT2D eigenvalue weighted by molar-refractivity contribution is -0.117. The first-order valence-electron chi connectivity index (χ1n) is 4.25. The van der Waals surface area contributed by atoms with E-state index in [0.717, 1.165) is 0 Å². The highest BCUT2D eigenvalue weighted by Gasteiger charge is 2.15. The summed E-state index contributed by atoms with van der Waals surface area (Å²) in [5.74, 6) is 0.554. The maximum Gasteiger partial charge on any atom is 0.262 e. The summed E-state index contributed by atoms with van der Waals surface area (Å²) in [5.41, 5.74) is 0. The first-order chi connectivity index (χ1) is 6.63. The van der Waals surface area contributed by atoms with Crippen LogP contribution < -0.4 is 4.74 Å². The minimum Gasteiger partial charge on any atom is -0.481 e. The van der Waals surface area contributed by atoms with Crippen LogP contribution in [0.1, 0.15) is 13.3 Å². The quantitative estimate of drug-likeness (QED) is 0.746. The van der Waals surface area contributed by atoms with Crippen molar-refractivity contribution < 1.29 is 9.53 Å². The topological polar surface area (TPSA) is 26.3 Å². The van der Waals surface area contributed by atoms with Crippen LogP contribution in [0.5, 0.6) is 5.75 Å². The van der Waals surface area contributed by atoms with E-state index < -0.39 is 11.3 Å². The molecule has 2 nitrogen and oxygen atoms in total. The van der Waals surface area contributed by atoms with E-state index in [0.29, 0.717) is 17.2 Å². The molecule has 1 atom stereocenters. The molecule has 76 valence electrons. The van der Waals surface area contributed by atoms with Crippen molar-refractivity contribution >= 4 is 28.4 Å². The predicted molar refractivity (Wildman–Crippen MR) is 57.0 cm³/mol. The first-order valence-corrected chi connectivity index (χ1v) is 5.00. The lowest BCUT2D eigenvalue weighted by Gasteiger charge is -2.13. The second-order valence-electron chi connectivity index (χ2n) is 2.78. The standard InChI is InChI=1S/C10H10Cl2O2/c1-2-9(10(12)13)14-8-5-3-4-7(11)6-8/h3-6,9H,2H2,1H3/t9-/m1/s1. The van der Waals surface area contributed by atoms with Gasteiger partial charge in [-0.2, -0.15) is 0 Å². The van der Waals surface area contributed by atoms with Crippen LogP contribution in [0.25, 0.3) is 0 Å². The molecule has 0 radical (unpaired) electrons. The number of benzene rings is 1. The van der Waals surface area contributed by atoms with Crippen LogP contribution in [0.15, 0.2) is 24.3 Å². The summed E-state index contributed by atoms with van der Waals surface area (Å²) in [4.78, 5) is 10.9. The summed E-state index contributed by atoms with van der Waals surface area (Å²) < 4.78 is 5.34. The normalized spacial score (nSPS) is 12.2. The van der Waals surface area contributed by atoms with Gasteiger partial charge in [0.05, 0.1) is 0 Å². The molecular formula is C10H10Cl2O2. The molecule has 0 fully saturated rings. The third kappa shape index (κ3) is 3.20. The number of halogens is 2. The summed E-state index contributed by atoms with van der Waals surface area (Å²) in [6.07, 6.45) is -0.0652. The molecule has 0 heterocycles. The summed E-state index contributed by atoms with van der Waals surface area (Å²) in [5, 5.41) is 0.0758. The van der Waals surface area contributed by atoms with Gasteiger partial charge in [0.15, 0.2) is 6.10 Å². The Balaban J connectivity index is 2.72.